The highest BCUT2D eigenvalue weighted by atomic mass is 32.2. The van der Waals surface area contributed by atoms with Crippen molar-refractivity contribution in [1.29, 1.82) is 0 Å². The molecule has 1 aliphatic heterocycles. The standard InChI is InChI=1S/C24H21F2N5O3S/c25-17-7-4-8-18(26)22(17)35(32,33)14-15-5-3-6-16(13-15)20-21(19-9-10-28-23(27)29-19)34-24(30-20)31-11-1-2-12-31/h3-10,13H,1-2,11-12,14H2,(H2,27,28,29). The number of anilines is 2. The van der Waals surface area contributed by atoms with Gasteiger partial charge in [0.15, 0.2) is 15.6 Å². The summed E-state index contributed by atoms with van der Waals surface area (Å²) in [5.41, 5.74) is 7.54. The molecule has 3 heterocycles. The van der Waals surface area contributed by atoms with Crippen LogP contribution in [-0.2, 0) is 15.6 Å². The third-order valence-electron chi connectivity index (χ3n) is 5.69. The third-order valence-corrected chi connectivity index (χ3v) is 7.41. The monoisotopic (exact) mass is 497 g/mol. The molecule has 2 aromatic carbocycles. The van der Waals surface area contributed by atoms with E-state index in [9.17, 15) is 17.2 Å². The van der Waals surface area contributed by atoms with E-state index in [-0.39, 0.29) is 5.95 Å². The van der Waals surface area contributed by atoms with Gasteiger partial charge in [0, 0.05) is 24.8 Å². The number of oxazole rings is 1. The fourth-order valence-corrected chi connectivity index (χ4v) is 5.59. The Bertz CT molecular complexity index is 1480. The SMILES string of the molecule is Nc1nccc(-c2oc(N3CCCC3)nc2-c2cccc(CS(=O)(=O)c3c(F)cccc3F)c2)n1. The molecule has 1 fully saturated rings. The number of nitrogens with two attached hydrogens (primary N) is 1. The number of sulfone groups is 1. The van der Waals surface area contributed by atoms with Gasteiger partial charge in [-0.3, -0.25) is 0 Å². The van der Waals surface area contributed by atoms with E-state index in [0.29, 0.717) is 34.3 Å². The second-order valence-electron chi connectivity index (χ2n) is 8.18. The molecule has 1 aliphatic rings. The summed E-state index contributed by atoms with van der Waals surface area (Å²) in [5, 5.41) is 0. The lowest BCUT2D eigenvalue weighted by atomic mass is 10.1. The molecule has 0 spiro atoms. The van der Waals surface area contributed by atoms with Gasteiger partial charge in [-0.1, -0.05) is 24.3 Å². The third kappa shape index (κ3) is 4.59. The summed E-state index contributed by atoms with van der Waals surface area (Å²) in [6.45, 7) is 1.61. The van der Waals surface area contributed by atoms with Crippen molar-refractivity contribution in [2.75, 3.05) is 23.7 Å². The minimum Gasteiger partial charge on any atom is -0.421 e. The first-order valence-electron chi connectivity index (χ1n) is 10.9. The molecule has 0 saturated carbocycles. The van der Waals surface area contributed by atoms with Gasteiger partial charge in [-0.2, -0.15) is 4.98 Å². The first-order chi connectivity index (χ1) is 16.8. The number of hydrogen-bond donors (Lipinski definition) is 1. The molecule has 0 atom stereocenters. The largest absolute Gasteiger partial charge is 0.421 e. The first kappa shape index (κ1) is 22.9. The van der Waals surface area contributed by atoms with E-state index >= 15 is 0 Å². The fraction of sp³-hybridized carbons (Fsp3) is 0.208. The van der Waals surface area contributed by atoms with Crippen molar-refractivity contribution in [3.8, 4) is 22.7 Å². The Morgan fingerprint density at radius 3 is 2.43 bits per heavy atom. The summed E-state index contributed by atoms with van der Waals surface area (Å²) < 4.78 is 60.1. The lowest BCUT2D eigenvalue weighted by molar-refractivity contribution is 0.519. The van der Waals surface area contributed by atoms with Crippen LogP contribution in [0.2, 0.25) is 0 Å². The number of nitrogens with zero attached hydrogens (tertiary/aromatic N) is 4. The Morgan fingerprint density at radius 2 is 1.71 bits per heavy atom. The van der Waals surface area contributed by atoms with Crippen molar-refractivity contribution in [3.63, 3.8) is 0 Å². The van der Waals surface area contributed by atoms with E-state index in [2.05, 4.69) is 15.0 Å². The molecular formula is C24H21F2N5O3S. The number of nitrogen functional groups attached to an aromatic ring is 1. The topological polar surface area (TPSA) is 115 Å². The van der Waals surface area contributed by atoms with Gasteiger partial charge in [-0.15, -0.1) is 0 Å². The van der Waals surface area contributed by atoms with Crippen LogP contribution in [0.25, 0.3) is 22.7 Å². The van der Waals surface area contributed by atoms with Gasteiger partial charge in [0.25, 0.3) is 6.01 Å². The van der Waals surface area contributed by atoms with Crippen LogP contribution in [0.15, 0.2) is 64.0 Å². The van der Waals surface area contributed by atoms with Crippen LogP contribution in [-0.4, -0.2) is 36.5 Å². The molecule has 8 nitrogen and oxygen atoms in total. The number of benzene rings is 2. The quantitative estimate of drug-likeness (QED) is 0.421. The molecule has 0 amide bonds. The van der Waals surface area contributed by atoms with Crippen LogP contribution in [0.4, 0.5) is 20.7 Å². The summed E-state index contributed by atoms with van der Waals surface area (Å²) in [6.07, 6.45) is 3.55. The van der Waals surface area contributed by atoms with Crippen molar-refractivity contribution in [1.82, 2.24) is 15.0 Å². The Kier molecular flexibility index (Phi) is 5.93. The molecule has 4 aromatic rings. The Labute approximate surface area is 200 Å². The maximum absolute atomic E-state index is 14.1. The smallest absolute Gasteiger partial charge is 0.298 e. The summed E-state index contributed by atoms with van der Waals surface area (Å²) in [4.78, 5) is 13.9. The van der Waals surface area contributed by atoms with E-state index in [1.54, 1.807) is 30.3 Å². The summed E-state index contributed by atoms with van der Waals surface area (Å²) >= 11 is 0. The van der Waals surface area contributed by atoms with Crippen LogP contribution in [0.3, 0.4) is 0 Å². The van der Waals surface area contributed by atoms with Crippen LogP contribution in [0.1, 0.15) is 18.4 Å². The zero-order valence-corrected chi connectivity index (χ0v) is 19.3. The van der Waals surface area contributed by atoms with Crippen LogP contribution in [0, 0.1) is 11.6 Å². The van der Waals surface area contributed by atoms with E-state index in [4.69, 9.17) is 10.2 Å². The second-order valence-corrected chi connectivity index (χ2v) is 10.1. The predicted molar refractivity (Wildman–Crippen MR) is 126 cm³/mol. The van der Waals surface area contributed by atoms with Crippen molar-refractivity contribution in [2.24, 2.45) is 0 Å². The highest BCUT2D eigenvalue weighted by Gasteiger charge is 2.26. The summed E-state index contributed by atoms with van der Waals surface area (Å²) in [7, 11) is -4.29. The van der Waals surface area contributed by atoms with Gasteiger partial charge < -0.3 is 15.1 Å². The van der Waals surface area contributed by atoms with Crippen molar-refractivity contribution in [2.45, 2.75) is 23.5 Å². The molecule has 5 rings (SSSR count). The highest BCUT2D eigenvalue weighted by Crippen LogP contribution is 2.36. The average molecular weight is 498 g/mol. The molecule has 1 saturated heterocycles. The molecule has 2 aromatic heterocycles. The molecule has 35 heavy (non-hydrogen) atoms. The van der Waals surface area contributed by atoms with Crippen molar-refractivity contribution < 1.29 is 21.6 Å². The van der Waals surface area contributed by atoms with E-state index in [0.717, 1.165) is 44.1 Å². The van der Waals surface area contributed by atoms with Gasteiger partial charge in [0.1, 0.15) is 27.9 Å². The predicted octanol–water partition coefficient (Wildman–Crippen LogP) is 4.23. The zero-order valence-electron chi connectivity index (χ0n) is 18.5. The first-order valence-corrected chi connectivity index (χ1v) is 12.6. The minimum atomic E-state index is -4.29. The number of aromatic nitrogens is 3. The zero-order chi connectivity index (χ0) is 24.6. The minimum absolute atomic E-state index is 0.0688. The van der Waals surface area contributed by atoms with Gasteiger partial charge >= 0.3 is 0 Å². The van der Waals surface area contributed by atoms with E-state index in [1.807, 2.05) is 4.90 Å². The maximum Gasteiger partial charge on any atom is 0.298 e. The molecule has 0 aliphatic carbocycles. The molecule has 180 valence electrons. The normalized spacial score (nSPS) is 13.9. The molecule has 11 heteroatoms. The molecule has 2 N–H and O–H groups in total. The number of halogens is 2. The summed E-state index contributed by atoms with van der Waals surface area (Å²) in [5.74, 6) is -2.42. The van der Waals surface area contributed by atoms with Crippen LogP contribution >= 0.6 is 0 Å². The number of rotatable bonds is 6. The van der Waals surface area contributed by atoms with Gasteiger partial charge in [0.05, 0.1) is 5.75 Å². The molecule has 0 unspecified atom stereocenters. The fourth-order valence-electron chi connectivity index (χ4n) is 4.10. The average Bonchev–Trinajstić information content (AvgIpc) is 3.49. The number of hydrogen-bond acceptors (Lipinski definition) is 8. The van der Waals surface area contributed by atoms with Crippen molar-refractivity contribution >= 4 is 21.8 Å². The van der Waals surface area contributed by atoms with Gasteiger partial charge in [-0.05, 0) is 42.7 Å². The highest BCUT2D eigenvalue weighted by molar-refractivity contribution is 7.90. The van der Waals surface area contributed by atoms with E-state index in [1.165, 1.54) is 6.20 Å². The Morgan fingerprint density at radius 1 is 1.00 bits per heavy atom. The Balaban J connectivity index is 1.56. The molecule has 0 radical (unpaired) electrons. The van der Waals surface area contributed by atoms with Crippen molar-refractivity contribution in [3.05, 3.63) is 71.9 Å². The van der Waals surface area contributed by atoms with Gasteiger partial charge in [-0.25, -0.2) is 27.2 Å². The lowest BCUT2D eigenvalue weighted by Gasteiger charge is -2.10. The molecular weight excluding hydrogens is 476 g/mol. The van der Waals surface area contributed by atoms with Crippen LogP contribution < -0.4 is 10.6 Å². The van der Waals surface area contributed by atoms with E-state index < -0.39 is 32.1 Å². The maximum atomic E-state index is 14.1. The molecule has 0 bridgehead atoms. The lowest BCUT2D eigenvalue weighted by Crippen LogP contribution is -2.17. The summed E-state index contributed by atoms with van der Waals surface area (Å²) in [6, 6.07) is 11.6. The second kappa shape index (κ2) is 9.06. The Hall–Kier alpha value is -3.86. The van der Waals surface area contributed by atoms with Gasteiger partial charge in [0.2, 0.25) is 5.95 Å². The van der Waals surface area contributed by atoms with Crippen LogP contribution in [0.5, 0.6) is 0 Å².